The van der Waals surface area contributed by atoms with E-state index < -0.39 is 16.0 Å². The van der Waals surface area contributed by atoms with E-state index in [1.54, 1.807) is 37.1 Å². The molecule has 0 aliphatic heterocycles. The molecule has 0 aliphatic carbocycles. The monoisotopic (exact) mass is 558 g/mol. The molecule has 0 aliphatic rings. The Morgan fingerprint density at radius 2 is 1.54 bits per heavy atom. The summed E-state index contributed by atoms with van der Waals surface area (Å²) in [5.74, 6) is -0.414. The number of nitrogens with one attached hydrogen (secondary N) is 1. The van der Waals surface area contributed by atoms with Crippen molar-refractivity contribution < 1.29 is 23.1 Å². The zero-order valence-electron chi connectivity index (χ0n) is 23.5. The van der Waals surface area contributed by atoms with Crippen LogP contribution in [0.1, 0.15) is 38.3 Å². The molecule has 214 valence electrons. The van der Waals surface area contributed by atoms with Gasteiger partial charge in [-0.15, -0.1) is 19.7 Å². The first-order valence-electron chi connectivity index (χ1n) is 11.9. The van der Waals surface area contributed by atoms with Gasteiger partial charge in [0.1, 0.15) is 11.5 Å². The fourth-order valence-corrected chi connectivity index (χ4v) is 3.07. The van der Waals surface area contributed by atoms with E-state index in [4.69, 9.17) is 9.84 Å². The van der Waals surface area contributed by atoms with Crippen LogP contribution in [0.4, 0.5) is 0 Å². The number of carboxylic acid groups (broad SMARTS) is 1. The molecule has 9 nitrogen and oxygen atoms in total. The van der Waals surface area contributed by atoms with E-state index in [0.717, 1.165) is 11.1 Å². The maximum Gasteiger partial charge on any atom is 0.330 e. The number of hydrogen-bond donors (Lipinski definition) is 2. The second-order valence-electron chi connectivity index (χ2n) is 7.67. The van der Waals surface area contributed by atoms with Crippen molar-refractivity contribution in [3.63, 3.8) is 0 Å². The molecule has 0 aromatic carbocycles. The molecule has 0 fully saturated rings. The summed E-state index contributed by atoms with van der Waals surface area (Å²) in [6.07, 6.45) is 11.0. The second-order valence-corrected chi connectivity index (χ2v) is 9.60. The molecule has 0 atom stereocenters. The number of sulfonamides is 1. The molecule has 0 saturated carbocycles. The number of rotatable bonds is 12. The number of aromatic nitrogens is 2. The number of carboxylic acids is 1. The summed E-state index contributed by atoms with van der Waals surface area (Å²) in [4.78, 5) is 19.9. The third-order valence-electron chi connectivity index (χ3n) is 4.22. The molecule has 2 aromatic rings. The van der Waals surface area contributed by atoms with Crippen LogP contribution in [0.3, 0.4) is 0 Å². The van der Waals surface area contributed by atoms with E-state index in [0.29, 0.717) is 31.0 Å². The van der Waals surface area contributed by atoms with Crippen molar-refractivity contribution in [1.29, 1.82) is 0 Å². The van der Waals surface area contributed by atoms with Gasteiger partial charge in [-0.3, -0.25) is 9.97 Å². The SMILES string of the molecule is C=C.C=C(C)C(=O)O.C=C(CC)O/C(=C\N(Cc1cccnc1)Cc1cccnc1)CS(=O)(=O)NC.C=CC. The highest BCUT2D eigenvalue weighted by Crippen LogP contribution is 2.15. The highest BCUT2D eigenvalue weighted by atomic mass is 32.2. The van der Waals surface area contributed by atoms with Crippen LogP contribution < -0.4 is 4.72 Å². The van der Waals surface area contributed by atoms with E-state index in [2.05, 4.69) is 47.6 Å². The summed E-state index contributed by atoms with van der Waals surface area (Å²) < 4.78 is 32.2. The number of pyridine rings is 2. The zero-order valence-corrected chi connectivity index (χ0v) is 24.3. The summed E-state index contributed by atoms with van der Waals surface area (Å²) in [5, 5.41) is 7.89. The first-order valence-corrected chi connectivity index (χ1v) is 13.6. The van der Waals surface area contributed by atoms with Crippen molar-refractivity contribution >= 4 is 16.0 Å². The van der Waals surface area contributed by atoms with Gasteiger partial charge in [0.05, 0.1) is 5.76 Å². The van der Waals surface area contributed by atoms with E-state index in [-0.39, 0.29) is 11.3 Å². The van der Waals surface area contributed by atoms with Crippen LogP contribution in [0.15, 0.2) is 111 Å². The van der Waals surface area contributed by atoms with Gasteiger partial charge in [-0.1, -0.05) is 38.3 Å². The Kier molecular flexibility index (Phi) is 21.0. The Morgan fingerprint density at radius 1 is 1.10 bits per heavy atom. The smallest absolute Gasteiger partial charge is 0.330 e. The average molecular weight is 559 g/mol. The molecule has 2 rings (SSSR count). The number of allylic oxidation sites excluding steroid dienone is 2. The number of hydrogen-bond acceptors (Lipinski definition) is 7. The first-order chi connectivity index (χ1) is 18.5. The van der Waals surface area contributed by atoms with E-state index in [9.17, 15) is 13.2 Å². The van der Waals surface area contributed by atoms with Crippen molar-refractivity contribution in [2.75, 3.05) is 12.8 Å². The molecule has 10 heteroatoms. The summed E-state index contributed by atoms with van der Waals surface area (Å²) in [5.41, 5.74) is 2.16. The topological polar surface area (TPSA) is 122 Å². The minimum Gasteiger partial charge on any atom is -0.478 e. The molecule has 0 bridgehead atoms. The molecule has 0 amide bonds. The van der Waals surface area contributed by atoms with Crippen LogP contribution in [0.25, 0.3) is 0 Å². The second kappa shape index (κ2) is 22.0. The molecule has 0 saturated heterocycles. The quantitative estimate of drug-likeness (QED) is 0.200. The van der Waals surface area contributed by atoms with E-state index >= 15 is 0 Å². The highest BCUT2D eigenvalue weighted by molar-refractivity contribution is 7.89. The molecule has 0 spiro atoms. The van der Waals surface area contributed by atoms with Gasteiger partial charge in [0.2, 0.25) is 10.0 Å². The van der Waals surface area contributed by atoms with Crippen LogP contribution >= 0.6 is 0 Å². The summed E-state index contributed by atoms with van der Waals surface area (Å²) in [6.45, 7) is 22.6. The number of carbonyl (C=O) groups is 1. The Balaban J connectivity index is 0. The van der Waals surface area contributed by atoms with Crippen LogP contribution in [-0.2, 0) is 32.6 Å². The molecule has 0 radical (unpaired) electrons. The highest BCUT2D eigenvalue weighted by Gasteiger charge is 2.16. The fourth-order valence-electron chi connectivity index (χ4n) is 2.41. The molecule has 2 heterocycles. The van der Waals surface area contributed by atoms with Gasteiger partial charge in [-0.05, 0) is 44.2 Å². The zero-order chi connectivity index (χ0) is 30.3. The van der Waals surface area contributed by atoms with Gasteiger partial charge in [0.25, 0.3) is 0 Å². The minimum atomic E-state index is -3.50. The number of nitrogens with zero attached hydrogens (tertiary/aromatic N) is 3. The average Bonchev–Trinajstić information content (AvgIpc) is 2.91. The van der Waals surface area contributed by atoms with Crippen molar-refractivity contribution in [2.24, 2.45) is 0 Å². The molecule has 0 unspecified atom stereocenters. The van der Waals surface area contributed by atoms with Crippen molar-refractivity contribution in [2.45, 2.75) is 40.3 Å². The Hall–Kier alpha value is -4.02. The van der Waals surface area contributed by atoms with Gasteiger partial charge >= 0.3 is 5.97 Å². The van der Waals surface area contributed by atoms with Gasteiger partial charge in [0.15, 0.2) is 0 Å². The van der Waals surface area contributed by atoms with Crippen LogP contribution in [0.2, 0.25) is 0 Å². The van der Waals surface area contributed by atoms with Crippen LogP contribution in [-0.4, -0.2) is 47.2 Å². The molecular weight excluding hydrogens is 516 g/mol. The van der Waals surface area contributed by atoms with Crippen LogP contribution in [0, 0.1) is 0 Å². The minimum absolute atomic E-state index is 0.176. The number of ether oxygens (including phenoxy) is 1. The summed E-state index contributed by atoms with van der Waals surface area (Å²) >= 11 is 0. The number of aliphatic carboxylic acids is 1. The lowest BCUT2D eigenvalue weighted by molar-refractivity contribution is -0.132. The van der Waals surface area contributed by atoms with Gasteiger partial charge in [0, 0.05) is 56.1 Å². The predicted molar refractivity (Wildman–Crippen MR) is 159 cm³/mol. The fraction of sp³-hybridized carbons (Fsp3) is 0.276. The van der Waals surface area contributed by atoms with Crippen molar-refractivity contribution in [1.82, 2.24) is 19.6 Å². The summed E-state index contributed by atoms with van der Waals surface area (Å²) in [6, 6.07) is 7.66. The standard InChI is InChI=1S/C20H26N4O3S.C4H6O2.C3H6.C2H4/c1-4-17(2)27-20(16-28(25,26)21-3)15-24(13-18-7-5-9-22-11-18)14-19-8-6-10-23-12-19;1-3(2)4(5)6;1-3-2;1-2/h5-12,15,21H,2,4,13-14,16H2,1,3H3;1H2,2H3,(H,5,6);3H,1H2,2H3;1-2H2/b20-15-;;;. The maximum absolute atomic E-state index is 12.1. The van der Waals surface area contributed by atoms with Crippen molar-refractivity contribution in [3.05, 3.63) is 122 Å². The predicted octanol–water partition coefficient (Wildman–Crippen LogP) is 5.45. The van der Waals surface area contributed by atoms with E-state index in [1.807, 2.05) is 43.0 Å². The van der Waals surface area contributed by atoms with Crippen molar-refractivity contribution in [3.8, 4) is 0 Å². The lowest BCUT2D eigenvalue weighted by atomic mass is 10.2. The molecule has 39 heavy (non-hydrogen) atoms. The largest absolute Gasteiger partial charge is 0.478 e. The Morgan fingerprint density at radius 3 is 1.85 bits per heavy atom. The molecule has 2 aromatic heterocycles. The van der Waals surface area contributed by atoms with Gasteiger partial charge in [-0.25, -0.2) is 17.9 Å². The lowest BCUT2D eigenvalue weighted by Gasteiger charge is -2.23. The molecule has 2 N–H and O–H groups in total. The van der Waals surface area contributed by atoms with Gasteiger partial charge < -0.3 is 14.7 Å². The van der Waals surface area contributed by atoms with Gasteiger partial charge in [-0.2, -0.15) is 0 Å². The summed E-state index contributed by atoms with van der Waals surface area (Å²) in [7, 11) is -2.12. The first kappa shape index (κ1) is 37.1. The normalized spacial score (nSPS) is 10.1. The van der Waals surface area contributed by atoms with E-state index in [1.165, 1.54) is 14.0 Å². The Bertz CT molecular complexity index is 1080. The maximum atomic E-state index is 12.1. The lowest BCUT2D eigenvalue weighted by Crippen LogP contribution is -2.25. The Labute approximate surface area is 234 Å². The third kappa shape index (κ3) is 19.7. The molecular formula is C29H42N4O5S. The third-order valence-corrected chi connectivity index (χ3v) is 5.51. The van der Waals surface area contributed by atoms with Crippen LogP contribution in [0.5, 0.6) is 0 Å².